The second-order valence-corrected chi connectivity index (χ2v) is 5.09. The quantitative estimate of drug-likeness (QED) is 0.567. The van der Waals surface area contributed by atoms with Crippen molar-refractivity contribution in [1.29, 1.82) is 0 Å². The van der Waals surface area contributed by atoms with Gasteiger partial charge in [-0.25, -0.2) is 0 Å². The van der Waals surface area contributed by atoms with Crippen LogP contribution in [0, 0.1) is 11.8 Å². The van der Waals surface area contributed by atoms with Crippen molar-refractivity contribution < 1.29 is 38.8 Å². The Morgan fingerprint density at radius 1 is 1.12 bits per heavy atom. The van der Waals surface area contributed by atoms with E-state index in [1.165, 1.54) is 0 Å². The summed E-state index contributed by atoms with van der Waals surface area (Å²) in [5.74, 6) is -1.46. The zero-order valence-electron chi connectivity index (χ0n) is 9.85. The van der Waals surface area contributed by atoms with Crippen LogP contribution in [0.5, 0.6) is 0 Å². The SMILES string of the molecule is CC(C)CC(=O)OOC(=O)[C](=[V]=[O])C(C)C. The summed E-state index contributed by atoms with van der Waals surface area (Å²) >= 11 is -1.45. The first-order chi connectivity index (χ1) is 7.38. The van der Waals surface area contributed by atoms with Gasteiger partial charge in [-0.15, -0.1) is 0 Å². The number of hydrogen-bond donors (Lipinski definition) is 0. The van der Waals surface area contributed by atoms with E-state index in [1.807, 2.05) is 13.8 Å². The molecule has 0 aromatic rings. The zero-order valence-corrected chi connectivity index (χ0v) is 11.2. The normalized spacial score (nSPS) is 9.88. The van der Waals surface area contributed by atoms with E-state index in [0.29, 0.717) is 0 Å². The van der Waals surface area contributed by atoms with Crippen LogP contribution >= 0.6 is 0 Å². The maximum absolute atomic E-state index is 11.3. The third-order valence-electron chi connectivity index (χ3n) is 1.64. The molecule has 16 heavy (non-hydrogen) atoms. The number of rotatable bonds is 4. The molecule has 5 nitrogen and oxygen atoms in total. The molecule has 0 bridgehead atoms. The summed E-state index contributed by atoms with van der Waals surface area (Å²) in [6.45, 7) is 7.13. The predicted octanol–water partition coefficient (Wildman–Crippen LogP) is 1.29. The predicted molar refractivity (Wildman–Crippen MR) is 52.2 cm³/mol. The second-order valence-electron chi connectivity index (χ2n) is 4.06. The molecular formula is C10H16O5V. The van der Waals surface area contributed by atoms with Gasteiger partial charge in [0.15, 0.2) is 0 Å². The first-order valence-corrected chi connectivity index (χ1v) is 6.27. The summed E-state index contributed by atoms with van der Waals surface area (Å²) in [5.41, 5.74) is 0. The fourth-order valence-electron chi connectivity index (χ4n) is 0.873. The van der Waals surface area contributed by atoms with Crippen molar-refractivity contribution in [2.24, 2.45) is 11.8 Å². The molecule has 0 saturated carbocycles. The van der Waals surface area contributed by atoms with E-state index in [9.17, 15) is 13.3 Å². The Bertz CT molecular complexity index is 315. The zero-order chi connectivity index (χ0) is 12.7. The van der Waals surface area contributed by atoms with Gasteiger partial charge in [-0.1, -0.05) is 0 Å². The molecule has 0 atom stereocenters. The van der Waals surface area contributed by atoms with Crippen LogP contribution in [0.25, 0.3) is 0 Å². The van der Waals surface area contributed by atoms with Crippen LogP contribution in [0.4, 0.5) is 0 Å². The van der Waals surface area contributed by atoms with Crippen molar-refractivity contribution in [2.75, 3.05) is 0 Å². The Morgan fingerprint density at radius 3 is 2.06 bits per heavy atom. The molecule has 91 valence electrons. The van der Waals surface area contributed by atoms with Gasteiger partial charge < -0.3 is 0 Å². The van der Waals surface area contributed by atoms with E-state index in [0.717, 1.165) is 0 Å². The molecule has 6 heteroatoms. The van der Waals surface area contributed by atoms with Crippen LogP contribution in [0.15, 0.2) is 0 Å². The van der Waals surface area contributed by atoms with Gasteiger partial charge in [-0.3, -0.25) is 0 Å². The van der Waals surface area contributed by atoms with Crippen LogP contribution in [-0.2, 0) is 38.8 Å². The van der Waals surface area contributed by atoms with Crippen LogP contribution in [0.2, 0.25) is 0 Å². The maximum atomic E-state index is 11.3. The molecule has 0 spiro atoms. The second kappa shape index (κ2) is 7.46. The molecule has 0 amide bonds. The van der Waals surface area contributed by atoms with Gasteiger partial charge in [0, 0.05) is 0 Å². The summed E-state index contributed by atoms with van der Waals surface area (Å²) in [5, 5.41) is 0. The Morgan fingerprint density at radius 2 is 1.69 bits per heavy atom. The average Bonchev–Trinajstić information content (AvgIpc) is 2.14. The molecule has 0 aliphatic rings. The fourth-order valence-corrected chi connectivity index (χ4v) is 1.38. The molecular weight excluding hydrogens is 251 g/mol. The van der Waals surface area contributed by atoms with E-state index in [4.69, 9.17) is 0 Å². The van der Waals surface area contributed by atoms with E-state index in [-0.39, 0.29) is 22.5 Å². The van der Waals surface area contributed by atoms with Gasteiger partial charge in [0.2, 0.25) is 0 Å². The molecule has 0 aromatic heterocycles. The molecule has 0 aromatic carbocycles. The van der Waals surface area contributed by atoms with E-state index < -0.39 is 27.7 Å². The van der Waals surface area contributed by atoms with Gasteiger partial charge in [0.1, 0.15) is 0 Å². The minimum atomic E-state index is -1.45. The fraction of sp³-hybridized carbons (Fsp3) is 0.700. The first-order valence-electron chi connectivity index (χ1n) is 5.00. The van der Waals surface area contributed by atoms with Crippen LogP contribution < -0.4 is 0 Å². The Hall–Kier alpha value is -0.806. The Labute approximate surface area is 101 Å². The molecule has 0 N–H and O–H groups in total. The molecule has 0 saturated heterocycles. The summed E-state index contributed by atoms with van der Waals surface area (Å²) < 4.78 is 10.9. The van der Waals surface area contributed by atoms with Gasteiger partial charge in [-0.2, -0.15) is 0 Å². The van der Waals surface area contributed by atoms with E-state index >= 15 is 0 Å². The third kappa shape index (κ3) is 5.93. The minimum absolute atomic E-state index is 0.130. The average molecular weight is 267 g/mol. The third-order valence-corrected chi connectivity index (χ3v) is 3.04. The van der Waals surface area contributed by atoms with Crippen molar-refractivity contribution in [2.45, 2.75) is 34.1 Å². The van der Waals surface area contributed by atoms with E-state index in [1.54, 1.807) is 13.8 Å². The standard InChI is InChI=1S/C10H16O4.O.V/c1-7(2)5-9(11)13-14-10(12)6-8(3)4;;/h7-8H,5H2,1-4H3;;. The topological polar surface area (TPSA) is 69.7 Å². The first kappa shape index (κ1) is 15.2. The molecule has 0 rings (SSSR count). The van der Waals surface area contributed by atoms with Gasteiger partial charge >= 0.3 is 101 Å². The van der Waals surface area contributed by atoms with Gasteiger partial charge in [0.25, 0.3) is 0 Å². The van der Waals surface area contributed by atoms with Crippen molar-refractivity contribution in [3.05, 3.63) is 0 Å². The van der Waals surface area contributed by atoms with Gasteiger partial charge in [-0.05, 0) is 0 Å². The number of hydrogen-bond acceptors (Lipinski definition) is 5. The Balaban J connectivity index is 4.17. The number of carbonyl (C=O) groups is 2. The van der Waals surface area contributed by atoms with Crippen LogP contribution in [0.1, 0.15) is 34.1 Å². The molecule has 0 heterocycles. The van der Waals surface area contributed by atoms with Crippen molar-refractivity contribution in [1.82, 2.24) is 0 Å². The van der Waals surface area contributed by atoms with Crippen molar-refractivity contribution in [3.63, 3.8) is 0 Å². The summed E-state index contributed by atoms with van der Waals surface area (Å²) in [7, 11) is 0. The molecule has 0 unspecified atom stereocenters. The summed E-state index contributed by atoms with van der Waals surface area (Å²) in [4.78, 5) is 31.0. The monoisotopic (exact) mass is 267 g/mol. The van der Waals surface area contributed by atoms with Gasteiger partial charge in [0.05, 0.1) is 0 Å². The molecule has 0 aliphatic carbocycles. The Kier molecular flexibility index (Phi) is 7.09. The van der Waals surface area contributed by atoms with Crippen molar-refractivity contribution >= 4 is 16.2 Å². The number of carbonyl (C=O) groups excluding carboxylic acids is 2. The van der Waals surface area contributed by atoms with Crippen LogP contribution in [0.3, 0.4) is 0 Å². The van der Waals surface area contributed by atoms with Crippen molar-refractivity contribution in [3.8, 4) is 0 Å². The van der Waals surface area contributed by atoms with E-state index in [2.05, 4.69) is 9.78 Å². The molecule has 0 aliphatic heterocycles. The van der Waals surface area contributed by atoms with Crippen LogP contribution in [-0.4, -0.2) is 16.2 Å². The molecule has 0 radical (unpaired) electrons. The summed E-state index contributed by atoms with van der Waals surface area (Å²) in [6, 6.07) is 0. The summed E-state index contributed by atoms with van der Waals surface area (Å²) in [6.07, 6.45) is 0.176. The molecule has 0 fully saturated rings.